The van der Waals surface area contributed by atoms with Gasteiger partial charge in [-0.25, -0.2) is 0 Å². The fourth-order valence-corrected chi connectivity index (χ4v) is 2.81. The lowest BCUT2D eigenvalue weighted by Crippen LogP contribution is -2.37. The highest BCUT2D eigenvalue weighted by molar-refractivity contribution is 5.75. The van der Waals surface area contributed by atoms with Gasteiger partial charge in [-0.1, -0.05) is 12.8 Å². The van der Waals surface area contributed by atoms with Crippen LogP contribution in [0.25, 0.3) is 0 Å². The molecule has 1 amide bonds. The van der Waals surface area contributed by atoms with E-state index in [-0.39, 0.29) is 17.4 Å². The molecule has 0 saturated heterocycles. The van der Waals surface area contributed by atoms with Gasteiger partial charge in [0.2, 0.25) is 5.91 Å². The van der Waals surface area contributed by atoms with Crippen LogP contribution in [0.5, 0.6) is 0 Å². The summed E-state index contributed by atoms with van der Waals surface area (Å²) in [7, 11) is 0. The third-order valence-electron chi connectivity index (χ3n) is 4.13. The zero-order valence-electron chi connectivity index (χ0n) is 12.5. The van der Waals surface area contributed by atoms with Crippen molar-refractivity contribution in [3.05, 3.63) is 0 Å². The van der Waals surface area contributed by atoms with Crippen molar-refractivity contribution in [1.82, 2.24) is 5.32 Å². The SMILES string of the molecule is CCOCCC1(CNC(=O)CCC(C)N)CCCC1. The van der Waals surface area contributed by atoms with Crippen LogP contribution in [-0.2, 0) is 9.53 Å². The molecule has 19 heavy (non-hydrogen) atoms. The fraction of sp³-hybridized carbons (Fsp3) is 0.933. The number of carbonyl (C=O) groups excluding carboxylic acids is 1. The van der Waals surface area contributed by atoms with E-state index in [2.05, 4.69) is 5.32 Å². The smallest absolute Gasteiger partial charge is 0.220 e. The molecule has 1 saturated carbocycles. The fourth-order valence-electron chi connectivity index (χ4n) is 2.81. The molecule has 0 aromatic carbocycles. The molecule has 0 aromatic heterocycles. The Bertz CT molecular complexity index is 261. The quantitative estimate of drug-likeness (QED) is 0.631. The van der Waals surface area contributed by atoms with Crippen LogP contribution in [0, 0.1) is 5.41 Å². The van der Waals surface area contributed by atoms with E-state index in [0.717, 1.165) is 32.6 Å². The highest BCUT2D eigenvalue weighted by atomic mass is 16.5. The topological polar surface area (TPSA) is 64.3 Å². The van der Waals surface area contributed by atoms with Crippen LogP contribution >= 0.6 is 0 Å². The molecule has 3 N–H and O–H groups in total. The van der Waals surface area contributed by atoms with Crippen LogP contribution < -0.4 is 11.1 Å². The normalized spacial score (nSPS) is 19.3. The minimum Gasteiger partial charge on any atom is -0.382 e. The van der Waals surface area contributed by atoms with E-state index >= 15 is 0 Å². The van der Waals surface area contributed by atoms with Gasteiger partial charge in [0.05, 0.1) is 0 Å². The monoisotopic (exact) mass is 270 g/mol. The molecule has 1 atom stereocenters. The van der Waals surface area contributed by atoms with Gasteiger partial charge < -0.3 is 15.8 Å². The number of carbonyl (C=O) groups is 1. The molecule has 4 heteroatoms. The summed E-state index contributed by atoms with van der Waals surface area (Å²) < 4.78 is 5.48. The Labute approximate surface area is 117 Å². The maximum absolute atomic E-state index is 11.8. The minimum atomic E-state index is 0.101. The molecule has 112 valence electrons. The van der Waals surface area contributed by atoms with Crippen LogP contribution in [0.3, 0.4) is 0 Å². The summed E-state index contributed by atoms with van der Waals surface area (Å²) in [6, 6.07) is 0.101. The van der Waals surface area contributed by atoms with E-state index in [4.69, 9.17) is 10.5 Å². The summed E-state index contributed by atoms with van der Waals surface area (Å²) in [6.07, 6.45) is 7.36. The van der Waals surface area contributed by atoms with Gasteiger partial charge in [0.25, 0.3) is 0 Å². The number of hydrogen-bond acceptors (Lipinski definition) is 3. The molecule has 1 unspecified atom stereocenters. The van der Waals surface area contributed by atoms with Gasteiger partial charge in [-0.3, -0.25) is 4.79 Å². The third-order valence-corrected chi connectivity index (χ3v) is 4.13. The Morgan fingerprint density at radius 2 is 2.11 bits per heavy atom. The van der Waals surface area contributed by atoms with E-state index in [1.807, 2.05) is 13.8 Å². The predicted octanol–water partition coefficient (Wildman–Crippen LogP) is 2.22. The van der Waals surface area contributed by atoms with Crippen LogP contribution in [0.15, 0.2) is 0 Å². The maximum atomic E-state index is 11.8. The van der Waals surface area contributed by atoms with E-state index < -0.39 is 0 Å². The molecule has 0 heterocycles. The number of hydrogen-bond donors (Lipinski definition) is 2. The van der Waals surface area contributed by atoms with Gasteiger partial charge in [-0.2, -0.15) is 0 Å². The Morgan fingerprint density at radius 1 is 1.42 bits per heavy atom. The lowest BCUT2D eigenvalue weighted by Gasteiger charge is -2.29. The van der Waals surface area contributed by atoms with Gasteiger partial charge >= 0.3 is 0 Å². The molecule has 0 aliphatic heterocycles. The summed E-state index contributed by atoms with van der Waals surface area (Å²) >= 11 is 0. The maximum Gasteiger partial charge on any atom is 0.220 e. The second-order valence-electron chi connectivity index (χ2n) is 5.95. The first-order valence-electron chi connectivity index (χ1n) is 7.68. The first-order chi connectivity index (χ1) is 9.08. The van der Waals surface area contributed by atoms with Crippen molar-refractivity contribution >= 4 is 5.91 Å². The first kappa shape index (κ1) is 16.4. The molecule has 1 aliphatic rings. The van der Waals surface area contributed by atoms with Crippen LogP contribution in [0.2, 0.25) is 0 Å². The Kier molecular flexibility index (Phi) is 7.39. The predicted molar refractivity (Wildman–Crippen MR) is 77.9 cm³/mol. The Hall–Kier alpha value is -0.610. The van der Waals surface area contributed by atoms with Gasteiger partial charge in [0.15, 0.2) is 0 Å². The molecule has 0 aromatic rings. The molecule has 0 radical (unpaired) electrons. The van der Waals surface area contributed by atoms with Crippen molar-refractivity contribution in [2.24, 2.45) is 11.1 Å². The van der Waals surface area contributed by atoms with Crippen molar-refractivity contribution in [3.63, 3.8) is 0 Å². The zero-order chi connectivity index (χ0) is 14.1. The molecule has 4 nitrogen and oxygen atoms in total. The molecular formula is C15H30N2O2. The Morgan fingerprint density at radius 3 is 2.68 bits per heavy atom. The largest absolute Gasteiger partial charge is 0.382 e. The number of rotatable bonds is 9. The van der Waals surface area contributed by atoms with Crippen molar-refractivity contribution < 1.29 is 9.53 Å². The zero-order valence-corrected chi connectivity index (χ0v) is 12.5. The molecule has 1 aliphatic carbocycles. The highest BCUT2D eigenvalue weighted by Gasteiger charge is 2.33. The van der Waals surface area contributed by atoms with Crippen molar-refractivity contribution in [1.29, 1.82) is 0 Å². The van der Waals surface area contributed by atoms with E-state index in [0.29, 0.717) is 6.42 Å². The number of nitrogens with two attached hydrogens (primary N) is 1. The summed E-state index contributed by atoms with van der Waals surface area (Å²) in [5.41, 5.74) is 5.95. The molecule has 0 spiro atoms. The van der Waals surface area contributed by atoms with Crippen LogP contribution in [-0.4, -0.2) is 31.7 Å². The number of nitrogens with one attached hydrogen (secondary N) is 1. The minimum absolute atomic E-state index is 0.101. The second kappa shape index (κ2) is 8.54. The lowest BCUT2D eigenvalue weighted by atomic mass is 9.83. The number of ether oxygens (including phenoxy) is 1. The van der Waals surface area contributed by atoms with Crippen LogP contribution in [0.4, 0.5) is 0 Å². The van der Waals surface area contributed by atoms with Crippen LogP contribution in [0.1, 0.15) is 58.8 Å². The Balaban J connectivity index is 2.30. The standard InChI is InChI=1S/C15H30N2O2/c1-3-19-11-10-15(8-4-5-9-15)12-17-14(18)7-6-13(2)16/h13H,3-12,16H2,1-2H3,(H,17,18). The lowest BCUT2D eigenvalue weighted by molar-refractivity contribution is -0.121. The van der Waals surface area contributed by atoms with Gasteiger partial charge in [-0.05, 0) is 44.9 Å². The molecular weight excluding hydrogens is 240 g/mol. The third kappa shape index (κ3) is 6.39. The average Bonchev–Trinajstić information content (AvgIpc) is 2.83. The van der Waals surface area contributed by atoms with E-state index in [1.54, 1.807) is 0 Å². The summed E-state index contributed by atoms with van der Waals surface area (Å²) in [5.74, 6) is 0.139. The average molecular weight is 270 g/mol. The summed E-state index contributed by atoms with van der Waals surface area (Å²) in [5, 5.41) is 3.10. The highest BCUT2D eigenvalue weighted by Crippen LogP contribution is 2.40. The van der Waals surface area contributed by atoms with Crippen molar-refractivity contribution in [3.8, 4) is 0 Å². The van der Waals surface area contributed by atoms with Crippen molar-refractivity contribution in [2.45, 2.75) is 64.8 Å². The van der Waals surface area contributed by atoms with E-state index in [1.165, 1.54) is 25.7 Å². The molecule has 1 rings (SSSR count). The van der Waals surface area contributed by atoms with Gasteiger partial charge in [0.1, 0.15) is 0 Å². The van der Waals surface area contributed by atoms with Crippen molar-refractivity contribution in [2.75, 3.05) is 19.8 Å². The van der Waals surface area contributed by atoms with E-state index in [9.17, 15) is 4.79 Å². The second-order valence-corrected chi connectivity index (χ2v) is 5.95. The summed E-state index contributed by atoms with van der Waals surface area (Å²) in [4.78, 5) is 11.8. The summed E-state index contributed by atoms with van der Waals surface area (Å²) in [6.45, 7) is 6.35. The first-order valence-corrected chi connectivity index (χ1v) is 7.68. The van der Waals surface area contributed by atoms with Gasteiger partial charge in [0, 0.05) is 32.2 Å². The molecule has 0 bridgehead atoms. The number of amides is 1. The molecule has 1 fully saturated rings. The van der Waals surface area contributed by atoms with Gasteiger partial charge in [-0.15, -0.1) is 0 Å².